The second kappa shape index (κ2) is 5.61. The summed E-state index contributed by atoms with van der Waals surface area (Å²) in [5, 5.41) is -0.984. The summed E-state index contributed by atoms with van der Waals surface area (Å²) < 4.78 is 34.3. The SMILES string of the molecule is CC(C(=O)N(C)C1CCC2(CC1)OCCO2)S(C)(=O)=O. The van der Waals surface area contributed by atoms with Gasteiger partial charge in [-0.15, -0.1) is 0 Å². The molecule has 1 heterocycles. The molecule has 20 heavy (non-hydrogen) atoms. The molecule has 1 amide bonds. The Morgan fingerprint density at radius 1 is 1.25 bits per heavy atom. The molecular formula is C13H23NO5S. The molecule has 0 radical (unpaired) electrons. The number of hydrogen-bond donors (Lipinski definition) is 0. The second-order valence-corrected chi connectivity index (χ2v) is 8.13. The molecule has 7 heteroatoms. The van der Waals surface area contributed by atoms with Crippen LogP contribution in [0.5, 0.6) is 0 Å². The zero-order chi connectivity index (χ0) is 15.0. The number of nitrogens with zero attached hydrogens (tertiary/aromatic N) is 1. The molecule has 0 aromatic rings. The maximum atomic E-state index is 12.2. The van der Waals surface area contributed by atoms with Crippen molar-refractivity contribution in [3.8, 4) is 0 Å². The number of sulfone groups is 1. The van der Waals surface area contributed by atoms with E-state index in [-0.39, 0.29) is 11.9 Å². The summed E-state index contributed by atoms with van der Waals surface area (Å²) in [6.45, 7) is 2.71. The van der Waals surface area contributed by atoms with Crippen molar-refractivity contribution < 1.29 is 22.7 Å². The van der Waals surface area contributed by atoms with E-state index in [0.29, 0.717) is 13.2 Å². The average molecular weight is 305 g/mol. The zero-order valence-electron chi connectivity index (χ0n) is 12.3. The highest BCUT2D eigenvalue weighted by Gasteiger charge is 2.42. The molecule has 1 atom stereocenters. The molecule has 1 saturated heterocycles. The molecule has 0 N–H and O–H groups in total. The lowest BCUT2D eigenvalue weighted by molar-refractivity contribution is -0.184. The van der Waals surface area contributed by atoms with Gasteiger partial charge in [0.25, 0.3) is 0 Å². The molecule has 1 unspecified atom stereocenters. The lowest BCUT2D eigenvalue weighted by Crippen LogP contribution is -2.48. The van der Waals surface area contributed by atoms with Crippen molar-refractivity contribution in [2.75, 3.05) is 26.5 Å². The normalized spacial score (nSPS) is 24.8. The maximum absolute atomic E-state index is 12.2. The van der Waals surface area contributed by atoms with E-state index in [2.05, 4.69) is 0 Å². The van der Waals surface area contributed by atoms with E-state index in [0.717, 1.165) is 31.9 Å². The van der Waals surface area contributed by atoms with Crippen LogP contribution in [0.3, 0.4) is 0 Å². The van der Waals surface area contributed by atoms with Gasteiger partial charge in [0.1, 0.15) is 5.25 Å². The Balaban J connectivity index is 1.94. The topological polar surface area (TPSA) is 72.9 Å². The standard InChI is InChI=1S/C13H23NO5S/c1-10(20(3,16)17)12(15)14(2)11-4-6-13(7-5-11)18-8-9-19-13/h10-11H,4-9H2,1-3H3. The molecule has 6 nitrogen and oxygen atoms in total. The van der Waals surface area contributed by atoms with E-state index in [1.807, 2.05) is 0 Å². The molecule has 1 spiro atoms. The van der Waals surface area contributed by atoms with Gasteiger partial charge >= 0.3 is 0 Å². The summed E-state index contributed by atoms with van der Waals surface area (Å²) in [7, 11) is -1.66. The lowest BCUT2D eigenvalue weighted by Gasteiger charge is -2.39. The third-order valence-electron chi connectivity index (χ3n) is 4.42. The molecule has 1 saturated carbocycles. The Labute approximate surface area is 120 Å². The number of carbonyl (C=O) groups excluding carboxylic acids is 1. The van der Waals surface area contributed by atoms with Crippen molar-refractivity contribution in [1.82, 2.24) is 4.90 Å². The fourth-order valence-corrected chi connectivity index (χ4v) is 3.40. The van der Waals surface area contributed by atoms with Crippen LogP contribution in [-0.2, 0) is 24.1 Å². The fraction of sp³-hybridized carbons (Fsp3) is 0.923. The average Bonchev–Trinajstić information content (AvgIpc) is 2.84. The van der Waals surface area contributed by atoms with Crippen LogP contribution in [0.15, 0.2) is 0 Å². The van der Waals surface area contributed by atoms with Gasteiger partial charge in [0.2, 0.25) is 5.91 Å². The first-order chi connectivity index (χ1) is 9.25. The Kier molecular flexibility index (Phi) is 4.41. The molecule has 0 aromatic carbocycles. The number of amides is 1. The minimum absolute atomic E-state index is 0.0603. The molecule has 2 aliphatic rings. The van der Waals surface area contributed by atoms with Gasteiger partial charge in [-0.05, 0) is 19.8 Å². The van der Waals surface area contributed by atoms with Gasteiger partial charge in [-0.3, -0.25) is 4.79 Å². The number of hydrogen-bond acceptors (Lipinski definition) is 5. The van der Waals surface area contributed by atoms with E-state index in [9.17, 15) is 13.2 Å². The van der Waals surface area contributed by atoms with Crippen LogP contribution in [0.2, 0.25) is 0 Å². The van der Waals surface area contributed by atoms with Crippen molar-refractivity contribution in [3.63, 3.8) is 0 Å². The van der Waals surface area contributed by atoms with E-state index < -0.39 is 20.9 Å². The summed E-state index contributed by atoms with van der Waals surface area (Å²) in [6.07, 6.45) is 4.15. The fourth-order valence-electron chi connectivity index (χ4n) is 2.87. The van der Waals surface area contributed by atoms with E-state index in [1.165, 1.54) is 6.92 Å². The molecular weight excluding hydrogens is 282 g/mol. The molecule has 116 valence electrons. The van der Waals surface area contributed by atoms with Crippen LogP contribution in [-0.4, -0.2) is 62.8 Å². The highest BCUT2D eigenvalue weighted by Crippen LogP contribution is 2.37. The van der Waals surface area contributed by atoms with Crippen LogP contribution in [0.25, 0.3) is 0 Å². The largest absolute Gasteiger partial charge is 0.348 e. The van der Waals surface area contributed by atoms with Gasteiger partial charge in [-0.2, -0.15) is 0 Å². The Bertz CT molecular complexity index is 459. The third-order valence-corrected chi connectivity index (χ3v) is 5.90. The minimum atomic E-state index is -3.35. The maximum Gasteiger partial charge on any atom is 0.240 e. The van der Waals surface area contributed by atoms with Crippen LogP contribution >= 0.6 is 0 Å². The number of ether oxygens (including phenoxy) is 2. The van der Waals surface area contributed by atoms with Crippen molar-refractivity contribution in [2.24, 2.45) is 0 Å². The predicted molar refractivity (Wildman–Crippen MR) is 74.0 cm³/mol. The van der Waals surface area contributed by atoms with Crippen molar-refractivity contribution in [1.29, 1.82) is 0 Å². The third kappa shape index (κ3) is 3.15. The Morgan fingerprint density at radius 2 is 1.75 bits per heavy atom. The van der Waals surface area contributed by atoms with Gasteiger partial charge in [0.05, 0.1) is 13.2 Å². The molecule has 1 aliphatic carbocycles. The minimum Gasteiger partial charge on any atom is -0.348 e. The van der Waals surface area contributed by atoms with Crippen molar-refractivity contribution in [2.45, 2.75) is 49.7 Å². The van der Waals surface area contributed by atoms with E-state index in [1.54, 1.807) is 11.9 Å². The number of rotatable bonds is 3. The van der Waals surface area contributed by atoms with Crippen LogP contribution < -0.4 is 0 Å². The van der Waals surface area contributed by atoms with Crippen LogP contribution in [0.4, 0.5) is 0 Å². The Hall–Kier alpha value is -0.660. The molecule has 1 aliphatic heterocycles. The molecule has 0 aromatic heterocycles. The molecule has 2 rings (SSSR count). The summed E-state index contributed by atoms with van der Waals surface area (Å²) in [6, 6.07) is 0.0603. The quantitative estimate of drug-likeness (QED) is 0.762. The second-order valence-electron chi connectivity index (χ2n) is 5.76. The van der Waals surface area contributed by atoms with Gasteiger partial charge in [-0.25, -0.2) is 8.42 Å². The smallest absolute Gasteiger partial charge is 0.240 e. The van der Waals surface area contributed by atoms with E-state index >= 15 is 0 Å². The first-order valence-electron chi connectivity index (χ1n) is 6.99. The number of carbonyl (C=O) groups is 1. The van der Waals surface area contributed by atoms with Gasteiger partial charge in [-0.1, -0.05) is 0 Å². The first-order valence-corrected chi connectivity index (χ1v) is 8.94. The zero-order valence-corrected chi connectivity index (χ0v) is 13.1. The summed E-state index contributed by atoms with van der Waals surface area (Å²) in [5.74, 6) is -0.787. The summed E-state index contributed by atoms with van der Waals surface area (Å²) >= 11 is 0. The molecule has 2 fully saturated rings. The van der Waals surface area contributed by atoms with Crippen molar-refractivity contribution >= 4 is 15.7 Å². The van der Waals surface area contributed by atoms with E-state index in [4.69, 9.17) is 9.47 Å². The van der Waals surface area contributed by atoms with Crippen LogP contribution in [0, 0.1) is 0 Å². The summed E-state index contributed by atoms with van der Waals surface area (Å²) in [5.41, 5.74) is 0. The lowest BCUT2D eigenvalue weighted by atomic mass is 9.89. The van der Waals surface area contributed by atoms with Crippen LogP contribution in [0.1, 0.15) is 32.6 Å². The molecule has 0 bridgehead atoms. The predicted octanol–water partition coefficient (Wildman–Crippen LogP) is 0.564. The first kappa shape index (κ1) is 15.7. The highest BCUT2D eigenvalue weighted by molar-refractivity contribution is 7.92. The van der Waals surface area contributed by atoms with Gasteiger partial charge < -0.3 is 14.4 Å². The monoisotopic (exact) mass is 305 g/mol. The van der Waals surface area contributed by atoms with Gasteiger partial charge in [0, 0.05) is 32.2 Å². The highest BCUT2D eigenvalue weighted by atomic mass is 32.2. The Morgan fingerprint density at radius 3 is 2.20 bits per heavy atom. The summed E-state index contributed by atoms with van der Waals surface area (Å²) in [4.78, 5) is 13.8. The van der Waals surface area contributed by atoms with Crippen molar-refractivity contribution in [3.05, 3.63) is 0 Å². The van der Waals surface area contributed by atoms with Gasteiger partial charge in [0.15, 0.2) is 15.6 Å².